The van der Waals surface area contributed by atoms with Crippen LogP contribution in [0.15, 0.2) is 18.2 Å². The second-order valence-electron chi connectivity index (χ2n) is 2.70. The number of nitrogens with zero attached hydrogens (tertiary/aromatic N) is 1. The molecule has 2 rings (SSSR count). The monoisotopic (exact) mass is 313 g/mol. The highest BCUT2D eigenvalue weighted by atomic mass is 127. The topological polar surface area (TPSA) is 40.9 Å². The number of fused-ring (bicyclic) bond motifs is 1. The van der Waals surface area contributed by atoms with Crippen molar-refractivity contribution in [3.05, 3.63) is 32.2 Å². The first-order chi connectivity index (χ1) is 6.77. The molecule has 1 aromatic carbocycles. The van der Waals surface area contributed by atoms with Crippen molar-refractivity contribution in [2.24, 2.45) is 0 Å². The van der Waals surface area contributed by atoms with Gasteiger partial charge in [0.15, 0.2) is 6.29 Å². The molecule has 2 aromatic rings. The summed E-state index contributed by atoms with van der Waals surface area (Å²) < 4.78 is 1.94. The van der Waals surface area contributed by atoms with E-state index in [1.807, 2.05) is 12.1 Å². The van der Waals surface area contributed by atoms with Gasteiger partial charge < -0.3 is 0 Å². The Kier molecular flexibility index (Phi) is 2.52. The molecule has 0 aliphatic heterocycles. The SMILES string of the molecule is N#Cc1cccc2sc(I)c(C=O)c12. The molecule has 0 amide bonds. The fourth-order valence-corrected chi connectivity index (χ4v) is 3.37. The van der Waals surface area contributed by atoms with Gasteiger partial charge in [0.2, 0.25) is 0 Å². The zero-order valence-corrected chi connectivity index (χ0v) is 9.93. The number of hydrogen-bond acceptors (Lipinski definition) is 3. The highest BCUT2D eigenvalue weighted by Crippen LogP contribution is 2.33. The molecule has 1 heterocycles. The number of hydrogen-bond donors (Lipinski definition) is 0. The number of thiophene rings is 1. The lowest BCUT2D eigenvalue weighted by Crippen LogP contribution is -1.82. The van der Waals surface area contributed by atoms with Crippen molar-refractivity contribution in [1.82, 2.24) is 0 Å². The van der Waals surface area contributed by atoms with Crippen molar-refractivity contribution in [3.63, 3.8) is 0 Å². The van der Waals surface area contributed by atoms with Gasteiger partial charge in [-0.1, -0.05) is 6.07 Å². The summed E-state index contributed by atoms with van der Waals surface area (Å²) in [4.78, 5) is 10.9. The van der Waals surface area contributed by atoms with Crippen LogP contribution in [0.2, 0.25) is 0 Å². The summed E-state index contributed by atoms with van der Waals surface area (Å²) in [7, 11) is 0. The Labute approximate surface area is 98.3 Å². The number of nitriles is 1. The van der Waals surface area contributed by atoms with Gasteiger partial charge in [-0.25, -0.2) is 0 Å². The van der Waals surface area contributed by atoms with Crippen LogP contribution in [0, 0.1) is 14.2 Å². The predicted molar refractivity (Wildman–Crippen MR) is 64.6 cm³/mol. The van der Waals surface area contributed by atoms with Crippen LogP contribution in [0.1, 0.15) is 15.9 Å². The first-order valence-corrected chi connectivity index (χ1v) is 5.73. The zero-order chi connectivity index (χ0) is 10.1. The molecule has 68 valence electrons. The molecule has 0 unspecified atom stereocenters. The summed E-state index contributed by atoms with van der Waals surface area (Å²) in [6.45, 7) is 0. The van der Waals surface area contributed by atoms with Crippen molar-refractivity contribution in [2.75, 3.05) is 0 Å². The van der Waals surface area contributed by atoms with Crippen molar-refractivity contribution >= 4 is 50.3 Å². The molecule has 2 nitrogen and oxygen atoms in total. The molecule has 0 aliphatic rings. The number of aldehydes is 1. The van der Waals surface area contributed by atoms with E-state index in [4.69, 9.17) is 5.26 Å². The molecule has 14 heavy (non-hydrogen) atoms. The molecular weight excluding hydrogens is 309 g/mol. The lowest BCUT2D eigenvalue weighted by Gasteiger charge is -1.92. The highest BCUT2D eigenvalue weighted by Gasteiger charge is 2.12. The Morgan fingerprint density at radius 1 is 1.50 bits per heavy atom. The largest absolute Gasteiger partial charge is 0.298 e. The van der Waals surface area contributed by atoms with Crippen LogP contribution in [0.3, 0.4) is 0 Å². The predicted octanol–water partition coefficient (Wildman–Crippen LogP) is 3.19. The molecule has 0 saturated heterocycles. The summed E-state index contributed by atoms with van der Waals surface area (Å²) in [6.07, 6.45) is 0.821. The van der Waals surface area contributed by atoms with Crippen LogP contribution in [0.5, 0.6) is 0 Å². The van der Waals surface area contributed by atoms with Crippen molar-refractivity contribution in [2.45, 2.75) is 0 Å². The third-order valence-electron chi connectivity index (χ3n) is 1.95. The maximum Gasteiger partial charge on any atom is 0.152 e. The molecule has 4 heteroatoms. The Morgan fingerprint density at radius 3 is 2.93 bits per heavy atom. The van der Waals surface area contributed by atoms with E-state index < -0.39 is 0 Å². The highest BCUT2D eigenvalue weighted by molar-refractivity contribution is 14.1. The number of halogens is 1. The number of carbonyl (C=O) groups is 1. The van der Waals surface area contributed by atoms with E-state index in [0.717, 1.165) is 19.3 Å². The van der Waals surface area contributed by atoms with Crippen molar-refractivity contribution in [1.29, 1.82) is 5.26 Å². The van der Waals surface area contributed by atoms with E-state index in [-0.39, 0.29) is 0 Å². The molecule has 0 fully saturated rings. The van der Waals surface area contributed by atoms with Gasteiger partial charge >= 0.3 is 0 Å². The molecule has 0 spiro atoms. The smallest absolute Gasteiger partial charge is 0.152 e. The van der Waals surface area contributed by atoms with Crippen LogP contribution < -0.4 is 0 Å². The van der Waals surface area contributed by atoms with Gasteiger partial charge in [-0.2, -0.15) is 5.26 Å². The van der Waals surface area contributed by atoms with E-state index >= 15 is 0 Å². The zero-order valence-electron chi connectivity index (χ0n) is 6.95. The molecule has 0 radical (unpaired) electrons. The van der Waals surface area contributed by atoms with Gasteiger partial charge in [-0.3, -0.25) is 4.79 Å². The maximum absolute atomic E-state index is 10.9. The first-order valence-electron chi connectivity index (χ1n) is 3.84. The van der Waals surface area contributed by atoms with Gasteiger partial charge in [0, 0.05) is 15.6 Å². The van der Waals surface area contributed by atoms with Crippen LogP contribution >= 0.6 is 33.9 Å². The second kappa shape index (κ2) is 3.67. The van der Waals surface area contributed by atoms with Gasteiger partial charge in [-0.05, 0) is 34.7 Å². The van der Waals surface area contributed by atoms with Crippen LogP contribution in [0.25, 0.3) is 10.1 Å². The minimum Gasteiger partial charge on any atom is -0.298 e. The average Bonchev–Trinajstić information content (AvgIpc) is 2.52. The average molecular weight is 313 g/mol. The van der Waals surface area contributed by atoms with E-state index in [2.05, 4.69) is 28.7 Å². The van der Waals surface area contributed by atoms with Crippen LogP contribution in [-0.2, 0) is 0 Å². The minimum atomic E-state index is 0.573. The minimum absolute atomic E-state index is 0.573. The third-order valence-corrected chi connectivity index (χ3v) is 4.15. The Bertz CT molecular complexity index is 553. The summed E-state index contributed by atoms with van der Waals surface area (Å²) in [6, 6.07) is 7.60. The van der Waals surface area contributed by atoms with E-state index in [0.29, 0.717) is 11.1 Å². The molecule has 0 atom stereocenters. The Morgan fingerprint density at radius 2 is 2.29 bits per heavy atom. The fourth-order valence-electron chi connectivity index (χ4n) is 1.34. The summed E-state index contributed by atoms with van der Waals surface area (Å²) in [5, 5.41) is 9.69. The molecule has 0 N–H and O–H groups in total. The van der Waals surface area contributed by atoms with Gasteiger partial charge in [0.25, 0.3) is 0 Å². The van der Waals surface area contributed by atoms with Gasteiger partial charge in [0.1, 0.15) is 0 Å². The maximum atomic E-state index is 10.9. The Hall–Kier alpha value is -0.930. The quantitative estimate of drug-likeness (QED) is 0.599. The van der Waals surface area contributed by atoms with E-state index in [9.17, 15) is 4.79 Å². The standard InChI is InChI=1S/C10H4INOS/c11-10-7(5-13)9-6(4-12)2-1-3-8(9)14-10/h1-3,5H. The molecular formula is C10H4INOS. The first kappa shape index (κ1) is 9.62. The fraction of sp³-hybridized carbons (Fsp3) is 0. The molecule has 0 aliphatic carbocycles. The number of carbonyl (C=O) groups excluding carboxylic acids is 1. The summed E-state index contributed by atoms with van der Waals surface area (Å²) >= 11 is 3.66. The van der Waals surface area contributed by atoms with Gasteiger partial charge in [-0.15, -0.1) is 11.3 Å². The molecule has 0 saturated carbocycles. The Balaban J connectivity index is 2.98. The molecule has 0 bridgehead atoms. The normalized spacial score (nSPS) is 10.0. The number of benzene rings is 1. The lowest BCUT2D eigenvalue weighted by molar-refractivity contribution is 0.112. The third kappa shape index (κ3) is 1.33. The summed E-state index contributed by atoms with van der Waals surface area (Å²) in [5.41, 5.74) is 1.21. The van der Waals surface area contributed by atoms with Crippen molar-refractivity contribution in [3.8, 4) is 6.07 Å². The van der Waals surface area contributed by atoms with Gasteiger partial charge in [0.05, 0.1) is 14.5 Å². The number of rotatable bonds is 1. The van der Waals surface area contributed by atoms with Crippen LogP contribution in [-0.4, -0.2) is 6.29 Å². The lowest BCUT2D eigenvalue weighted by atomic mass is 10.1. The van der Waals surface area contributed by atoms with Crippen molar-refractivity contribution < 1.29 is 4.79 Å². The van der Waals surface area contributed by atoms with E-state index in [1.165, 1.54) is 11.3 Å². The summed E-state index contributed by atoms with van der Waals surface area (Å²) in [5.74, 6) is 0. The van der Waals surface area contributed by atoms with E-state index in [1.54, 1.807) is 6.07 Å². The second-order valence-corrected chi connectivity index (χ2v) is 5.56. The van der Waals surface area contributed by atoms with Crippen LogP contribution in [0.4, 0.5) is 0 Å². The molecule has 1 aromatic heterocycles.